The molecule has 2 N–H and O–H groups in total. The first-order valence-electron chi connectivity index (χ1n) is 6.30. The first kappa shape index (κ1) is 12.4. The van der Waals surface area contributed by atoms with Crippen molar-refractivity contribution in [3.8, 4) is 0 Å². The molecule has 0 unspecified atom stereocenters. The van der Waals surface area contributed by atoms with E-state index in [0.717, 1.165) is 5.69 Å². The Morgan fingerprint density at radius 3 is 2.80 bits per heavy atom. The van der Waals surface area contributed by atoms with Crippen LogP contribution in [0.25, 0.3) is 11.2 Å². The molecule has 3 rings (SSSR count). The van der Waals surface area contributed by atoms with E-state index in [2.05, 4.69) is 27.2 Å². The number of rotatable bonds is 2. The molecule has 1 aromatic carbocycles. The number of nitrogens with one attached hydrogen (secondary N) is 2. The topological polar surface area (TPSA) is 75.6 Å². The van der Waals surface area contributed by atoms with Gasteiger partial charge in [0.05, 0.1) is 6.33 Å². The SMILES string of the molecule is Cc1ccc(Nc2nc3ncn(C)c3c(=O)[nH]2)cc1C. The van der Waals surface area contributed by atoms with E-state index in [1.807, 2.05) is 25.1 Å². The van der Waals surface area contributed by atoms with Crippen molar-refractivity contribution in [3.63, 3.8) is 0 Å². The number of nitrogens with zero attached hydrogens (tertiary/aromatic N) is 3. The van der Waals surface area contributed by atoms with Gasteiger partial charge in [0.25, 0.3) is 5.56 Å². The van der Waals surface area contributed by atoms with Crippen LogP contribution in [-0.2, 0) is 7.05 Å². The molecule has 20 heavy (non-hydrogen) atoms. The number of fused-ring (bicyclic) bond motifs is 1. The third-order valence-corrected chi connectivity index (χ3v) is 3.35. The molecule has 0 aliphatic heterocycles. The minimum Gasteiger partial charge on any atom is -0.328 e. The maximum absolute atomic E-state index is 12.0. The standard InChI is InChI=1S/C14H15N5O/c1-8-4-5-10(6-9(8)2)16-14-17-12-11(13(20)18-14)19(3)7-15-12/h4-7H,1-3H3,(H2,16,17,18,20). The van der Waals surface area contributed by atoms with E-state index < -0.39 is 0 Å². The second kappa shape index (κ2) is 4.48. The molecule has 0 amide bonds. The quantitative estimate of drug-likeness (QED) is 0.746. The van der Waals surface area contributed by atoms with Crippen molar-refractivity contribution in [2.45, 2.75) is 13.8 Å². The van der Waals surface area contributed by atoms with Gasteiger partial charge in [0.15, 0.2) is 11.2 Å². The predicted molar refractivity (Wildman–Crippen MR) is 78.3 cm³/mol. The van der Waals surface area contributed by atoms with Crippen molar-refractivity contribution < 1.29 is 0 Å². The Morgan fingerprint density at radius 2 is 2.05 bits per heavy atom. The molecule has 3 aromatic rings. The third-order valence-electron chi connectivity index (χ3n) is 3.35. The van der Waals surface area contributed by atoms with Gasteiger partial charge in [0.2, 0.25) is 5.95 Å². The van der Waals surface area contributed by atoms with E-state index in [9.17, 15) is 4.79 Å². The first-order chi connectivity index (χ1) is 9.54. The molecule has 0 aliphatic carbocycles. The summed E-state index contributed by atoms with van der Waals surface area (Å²) in [5.41, 5.74) is 3.97. The Bertz CT molecular complexity index is 846. The Morgan fingerprint density at radius 1 is 1.25 bits per heavy atom. The smallest absolute Gasteiger partial charge is 0.278 e. The summed E-state index contributed by atoms with van der Waals surface area (Å²) in [4.78, 5) is 23.1. The number of imidazole rings is 1. The Hall–Kier alpha value is -2.63. The molecule has 0 bridgehead atoms. The summed E-state index contributed by atoms with van der Waals surface area (Å²) in [7, 11) is 1.77. The summed E-state index contributed by atoms with van der Waals surface area (Å²) >= 11 is 0. The van der Waals surface area contributed by atoms with Crippen molar-refractivity contribution >= 4 is 22.8 Å². The van der Waals surface area contributed by atoms with Crippen LogP contribution in [0.2, 0.25) is 0 Å². The van der Waals surface area contributed by atoms with E-state index in [4.69, 9.17) is 0 Å². The molecule has 0 aliphatic rings. The Balaban J connectivity index is 2.02. The van der Waals surface area contributed by atoms with Crippen LogP contribution in [0.15, 0.2) is 29.3 Å². The van der Waals surface area contributed by atoms with Gasteiger partial charge in [-0.15, -0.1) is 0 Å². The summed E-state index contributed by atoms with van der Waals surface area (Å²) in [6.45, 7) is 4.10. The Kier molecular flexibility index (Phi) is 2.78. The van der Waals surface area contributed by atoms with Crippen molar-refractivity contribution in [1.29, 1.82) is 0 Å². The second-order valence-electron chi connectivity index (χ2n) is 4.87. The summed E-state index contributed by atoms with van der Waals surface area (Å²) < 4.78 is 1.65. The summed E-state index contributed by atoms with van der Waals surface area (Å²) in [6.07, 6.45) is 1.58. The number of H-pyrrole nitrogens is 1. The fourth-order valence-corrected chi connectivity index (χ4v) is 2.08. The summed E-state index contributed by atoms with van der Waals surface area (Å²) in [5.74, 6) is 0.393. The monoisotopic (exact) mass is 269 g/mol. The fourth-order valence-electron chi connectivity index (χ4n) is 2.08. The van der Waals surface area contributed by atoms with Gasteiger partial charge in [0.1, 0.15) is 0 Å². The highest BCUT2D eigenvalue weighted by atomic mass is 16.1. The highest BCUT2D eigenvalue weighted by molar-refractivity contribution is 5.71. The average molecular weight is 269 g/mol. The fraction of sp³-hybridized carbons (Fsp3) is 0.214. The minimum atomic E-state index is -0.207. The number of hydrogen-bond acceptors (Lipinski definition) is 4. The molecule has 2 heterocycles. The highest BCUT2D eigenvalue weighted by Gasteiger charge is 2.08. The zero-order valence-corrected chi connectivity index (χ0v) is 11.6. The van der Waals surface area contributed by atoms with Crippen molar-refractivity contribution in [2.24, 2.45) is 7.05 Å². The second-order valence-corrected chi connectivity index (χ2v) is 4.87. The molecule has 0 saturated carbocycles. The molecule has 0 spiro atoms. The van der Waals surface area contributed by atoms with E-state index >= 15 is 0 Å². The Labute approximate surface area is 115 Å². The molecular formula is C14H15N5O. The largest absolute Gasteiger partial charge is 0.328 e. The van der Waals surface area contributed by atoms with Crippen LogP contribution < -0.4 is 10.9 Å². The van der Waals surface area contributed by atoms with Crippen LogP contribution in [0.5, 0.6) is 0 Å². The maximum Gasteiger partial charge on any atom is 0.278 e. The average Bonchev–Trinajstić information content (AvgIpc) is 2.76. The molecule has 2 aromatic heterocycles. The molecule has 6 nitrogen and oxygen atoms in total. The van der Waals surface area contributed by atoms with Crippen LogP contribution in [0.1, 0.15) is 11.1 Å². The number of aromatic amines is 1. The van der Waals surface area contributed by atoms with Crippen LogP contribution in [-0.4, -0.2) is 19.5 Å². The first-order valence-corrected chi connectivity index (χ1v) is 6.30. The van der Waals surface area contributed by atoms with Gasteiger partial charge in [-0.05, 0) is 37.1 Å². The van der Waals surface area contributed by atoms with Gasteiger partial charge >= 0.3 is 0 Å². The lowest BCUT2D eigenvalue weighted by atomic mass is 10.1. The molecular weight excluding hydrogens is 254 g/mol. The van der Waals surface area contributed by atoms with E-state index in [1.165, 1.54) is 11.1 Å². The highest BCUT2D eigenvalue weighted by Crippen LogP contribution is 2.17. The molecule has 6 heteroatoms. The van der Waals surface area contributed by atoms with E-state index in [-0.39, 0.29) is 5.56 Å². The zero-order chi connectivity index (χ0) is 14.3. The summed E-state index contributed by atoms with van der Waals surface area (Å²) in [6, 6.07) is 5.98. The number of benzene rings is 1. The van der Waals surface area contributed by atoms with Gasteiger partial charge in [-0.2, -0.15) is 4.98 Å². The number of hydrogen-bond donors (Lipinski definition) is 2. The van der Waals surface area contributed by atoms with Crippen LogP contribution >= 0.6 is 0 Å². The normalized spacial score (nSPS) is 10.9. The molecule has 0 radical (unpaired) electrons. The zero-order valence-electron chi connectivity index (χ0n) is 11.6. The lowest BCUT2D eigenvalue weighted by Crippen LogP contribution is -2.13. The lowest BCUT2D eigenvalue weighted by molar-refractivity contribution is 0.938. The predicted octanol–water partition coefficient (Wildman–Crippen LogP) is 2.02. The van der Waals surface area contributed by atoms with Crippen molar-refractivity contribution in [1.82, 2.24) is 19.5 Å². The van der Waals surface area contributed by atoms with Crippen LogP contribution in [0.4, 0.5) is 11.6 Å². The minimum absolute atomic E-state index is 0.207. The van der Waals surface area contributed by atoms with Crippen molar-refractivity contribution in [3.05, 3.63) is 46.0 Å². The molecule has 0 saturated heterocycles. The van der Waals surface area contributed by atoms with Gasteiger partial charge in [0, 0.05) is 12.7 Å². The third kappa shape index (κ3) is 2.05. The van der Waals surface area contributed by atoms with Crippen LogP contribution in [0, 0.1) is 13.8 Å². The van der Waals surface area contributed by atoms with Gasteiger partial charge < -0.3 is 9.88 Å². The summed E-state index contributed by atoms with van der Waals surface area (Å²) in [5, 5.41) is 3.10. The molecule has 0 atom stereocenters. The number of aryl methyl sites for hydroxylation is 3. The lowest BCUT2D eigenvalue weighted by Gasteiger charge is -2.07. The molecule has 0 fully saturated rings. The molecule has 102 valence electrons. The number of anilines is 2. The van der Waals surface area contributed by atoms with Crippen molar-refractivity contribution in [2.75, 3.05) is 5.32 Å². The van der Waals surface area contributed by atoms with E-state index in [1.54, 1.807) is 17.9 Å². The van der Waals surface area contributed by atoms with Gasteiger partial charge in [-0.1, -0.05) is 6.07 Å². The number of aromatic nitrogens is 4. The van der Waals surface area contributed by atoms with Gasteiger partial charge in [-0.3, -0.25) is 9.78 Å². The van der Waals surface area contributed by atoms with E-state index in [0.29, 0.717) is 17.1 Å². The van der Waals surface area contributed by atoms with Crippen LogP contribution in [0.3, 0.4) is 0 Å². The van der Waals surface area contributed by atoms with Gasteiger partial charge in [-0.25, -0.2) is 4.98 Å². The maximum atomic E-state index is 12.0.